The van der Waals surface area contributed by atoms with Crippen LogP contribution >= 0.6 is 11.3 Å². The van der Waals surface area contributed by atoms with Gasteiger partial charge in [0, 0.05) is 5.38 Å². The fourth-order valence-electron chi connectivity index (χ4n) is 2.12. The molecule has 7 heteroatoms. The molecule has 1 amide bonds. The number of oxime groups is 1. The molecule has 20 heavy (non-hydrogen) atoms. The van der Waals surface area contributed by atoms with E-state index in [9.17, 15) is 9.59 Å². The zero-order valence-electron chi connectivity index (χ0n) is 11.1. The van der Waals surface area contributed by atoms with Crippen molar-refractivity contribution in [1.29, 1.82) is 0 Å². The van der Waals surface area contributed by atoms with Crippen molar-refractivity contribution in [3.05, 3.63) is 11.1 Å². The Morgan fingerprint density at radius 1 is 1.35 bits per heavy atom. The average molecular weight is 295 g/mol. The first kappa shape index (κ1) is 14.6. The van der Waals surface area contributed by atoms with Gasteiger partial charge in [-0.2, -0.15) is 0 Å². The number of aromatic nitrogens is 1. The first-order valence-electron chi connectivity index (χ1n) is 6.68. The van der Waals surface area contributed by atoms with E-state index < -0.39 is 0 Å². The molecule has 0 atom stereocenters. The Labute approximate surface area is 121 Å². The average Bonchev–Trinajstić information content (AvgIpc) is 2.75. The molecule has 1 fully saturated rings. The molecule has 0 bridgehead atoms. The number of carbonyl (C=O) groups is 2. The number of amides is 1. The second-order valence-corrected chi connectivity index (χ2v) is 5.47. The van der Waals surface area contributed by atoms with Gasteiger partial charge in [-0.25, -0.2) is 4.98 Å². The zero-order chi connectivity index (χ0) is 14.2. The van der Waals surface area contributed by atoms with Crippen LogP contribution in [-0.2, 0) is 14.4 Å². The first-order chi connectivity index (χ1) is 9.83. The molecule has 0 aromatic carbocycles. The van der Waals surface area contributed by atoms with Gasteiger partial charge < -0.3 is 10.2 Å². The standard InChI is InChI=1S/C13H17N3O3S/c17-7-11(12-8-20-13(15-12)14-9-18)16-19-10-5-3-1-2-4-6-10/h7-10H,1-6H2,(H,14,15,18)/b16-11+. The number of rotatable bonds is 6. The van der Waals surface area contributed by atoms with E-state index in [0.29, 0.717) is 23.5 Å². The number of thiazole rings is 1. The lowest BCUT2D eigenvalue weighted by atomic mass is 10.2. The molecule has 1 aromatic heterocycles. The van der Waals surface area contributed by atoms with E-state index in [0.717, 1.165) is 25.7 Å². The molecule has 0 saturated heterocycles. The van der Waals surface area contributed by atoms with Crippen LogP contribution in [-0.4, -0.2) is 29.5 Å². The molecule has 1 saturated carbocycles. The lowest BCUT2D eigenvalue weighted by Crippen LogP contribution is -2.11. The lowest BCUT2D eigenvalue weighted by molar-refractivity contribution is -0.105. The summed E-state index contributed by atoms with van der Waals surface area (Å²) in [5, 5.41) is 8.46. The van der Waals surface area contributed by atoms with Crippen LogP contribution < -0.4 is 5.32 Å². The second kappa shape index (κ2) is 7.74. The van der Waals surface area contributed by atoms with Gasteiger partial charge in [-0.1, -0.05) is 18.0 Å². The highest BCUT2D eigenvalue weighted by Crippen LogP contribution is 2.20. The summed E-state index contributed by atoms with van der Waals surface area (Å²) in [6.45, 7) is 0. The maximum absolute atomic E-state index is 11.1. The molecule has 0 unspecified atom stereocenters. The highest BCUT2D eigenvalue weighted by molar-refractivity contribution is 7.14. The van der Waals surface area contributed by atoms with Gasteiger partial charge in [0.2, 0.25) is 6.41 Å². The summed E-state index contributed by atoms with van der Waals surface area (Å²) in [7, 11) is 0. The van der Waals surface area contributed by atoms with Gasteiger partial charge in [0.15, 0.2) is 17.1 Å². The number of carbonyl (C=O) groups excluding carboxylic acids is 2. The third-order valence-corrected chi connectivity index (χ3v) is 3.94. The third kappa shape index (κ3) is 4.12. The van der Waals surface area contributed by atoms with Gasteiger partial charge in [0.1, 0.15) is 11.8 Å². The van der Waals surface area contributed by atoms with Gasteiger partial charge in [-0.3, -0.25) is 9.59 Å². The van der Waals surface area contributed by atoms with Crippen molar-refractivity contribution in [2.45, 2.75) is 44.6 Å². The van der Waals surface area contributed by atoms with Gasteiger partial charge in [-0.05, 0) is 25.7 Å². The van der Waals surface area contributed by atoms with E-state index in [1.165, 1.54) is 24.2 Å². The molecule has 1 aliphatic rings. The smallest absolute Gasteiger partial charge is 0.213 e. The lowest BCUT2D eigenvalue weighted by Gasteiger charge is -2.11. The fourth-order valence-corrected chi connectivity index (χ4v) is 2.78. The van der Waals surface area contributed by atoms with Gasteiger partial charge >= 0.3 is 0 Å². The minimum absolute atomic E-state index is 0.0821. The number of aldehydes is 1. The Balaban J connectivity index is 2.00. The molecular formula is C13H17N3O3S. The molecule has 0 aliphatic heterocycles. The number of nitrogens with zero attached hydrogens (tertiary/aromatic N) is 2. The molecule has 1 N–H and O–H groups in total. The van der Waals surface area contributed by atoms with Crippen molar-refractivity contribution >= 4 is 34.9 Å². The Morgan fingerprint density at radius 2 is 2.10 bits per heavy atom. The maximum Gasteiger partial charge on any atom is 0.213 e. The second-order valence-electron chi connectivity index (χ2n) is 4.61. The Morgan fingerprint density at radius 3 is 2.75 bits per heavy atom. The quantitative estimate of drug-likeness (QED) is 0.378. The minimum Gasteiger partial charge on any atom is -0.392 e. The van der Waals surface area contributed by atoms with E-state index >= 15 is 0 Å². The van der Waals surface area contributed by atoms with Gasteiger partial charge in [0.05, 0.1) is 0 Å². The summed E-state index contributed by atoms with van der Waals surface area (Å²) in [5.41, 5.74) is 0.576. The van der Waals surface area contributed by atoms with Crippen LogP contribution in [0.5, 0.6) is 0 Å². The highest BCUT2D eigenvalue weighted by Gasteiger charge is 2.15. The van der Waals surface area contributed by atoms with Crippen LogP contribution in [0.1, 0.15) is 44.2 Å². The predicted octanol–water partition coefficient (Wildman–Crippen LogP) is 2.35. The monoisotopic (exact) mass is 295 g/mol. The maximum atomic E-state index is 11.1. The van der Waals surface area contributed by atoms with Crippen molar-refractivity contribution in [3.63, 3.8) is 0 Å². The van der Waals surface area contributed by atoms with Crippen molar-refractivity contribution in [1.82, 2.24) is 4.98 Å². The SMILES string of the molecule is O=CNc1nc(/C(C=O)=N/OC2CCCCCC2)cs1. The highest BCUT2D eigenvalue weighted by atomic mass is 32.1. The fraction of sp³-hybridized carbons (Fsp3) is 0.538. The molecular weight excluding hydrogens is 278 g/mol. The van der Waals surface area contributed by atoms with Crippen LogP contribution in [0.15, 0.2) is 10.5 Å². The summed E-state index contributed by atoms with van der Waals surface area (Å²) < 4.78 is 0. The van der Waals surface area contributed by atoms with Crippen LogP contribution in [0.4, 0.5) is 5.13 Å². The molecule has 1 aromatic rings. The van der Waals surface area contributed by atoms with Crippen molar-refractivity contribution in [2.24, 2.45) is 5.16 Å². The van der Waals surface area contributed by atoms with Crippen LogP contribution in [0.2, 0.25) is 0 Å². The van der Waals surface area contributed by atoms with Crippen LogP contribution in [0, 0.1) is 0 Å². The third-order valence-electron chi connectivity index (χ3n) is 3.16. The van der Waals surface area contributed by atoms with Crippen LogP contribution in [0.25, 0.3) is 0 Å². The Hall–Kier alpha value is -1.76. The summed E-state index contributed by atoms with van der Waals surface area (Å²) in [6, 6.07) is 0. The van der Waals surface area contributed by atoms with E-state index in [4.69, 9.17) is 4.84 Å². The summed E-state index contributed by atoms with van der Waals surface area (Å²) in [4.78, 5) is 31.0. The number of hydrogen-bond donors (Lipinski definition) is 1. The number of nitrogens with one attached hydrogen (secondary N) is 1. The molecule has 1 aliphatic carbocycles. The molecule has 108 valence electrons. The predicted molar refractivity (Wildman–Crippen MR) is 77.0 cm³/mol. The number of anilines is 1. The molecule has 0 radical (unpaired) electrons. The largest absolute Gasteiger partial charge is 0.392 e. The molecule has 6 nitrogen and oxygen atoms in total. The summed E-state index contributed by atoms with van der Waals surface area (Å²) >= 11 is 1.23. The van der Waals surface area contributed by atoms with Crippen molar-refractivity contribution in [2.75, 3.05) is 5.32 Å². The van der Waals surface area contributed by atoms with Gasteiger partial charge in [0.25, 0.3) is 0 Å². The topological polar surface area (TPSA) is 80.7 Å². The van der Waals surface area contributed by atoms with E-state index in [1.807, 2.05) is 0 Å². The van der Waals surface area contributed by atoms with Crippen molar-refractivity contribution in [3.8, 4) is 0 Å². The summed E-state index contributed by atoms with van der Waals surface area (Å²) in [6.07, 6.45) is 7.95. The Kier molecular flexibility index (Phi) is 5.67. The normalized spacial score (nSPS) is 17.3. The van der Waals surface area contributed by atoms with Gasteiger partial charge in [-0.15, -0.1) is 11.3 Å². The first-order valence-corrected chi connectivity index (χ1v) is 7.56. The zero-order valence-corrected chi connectivity index (χ0v) is 11.9. The summed E-state index contributed by atoms with van der Waals surface area (Å²) in [5.74, 6) is 0. The van der Waals surface area contributed by atoms with E-state index in [2.05, 4.69) is 15.5 Å². The van der Waals surface area contributed by atoms with Crippen LogP contribution in [0.3, 0.4) is 0 Å². The van der Waals surface area contributed by atoms with E-state index in [1.54, 1.807) is 5.38 Å². The minimum atomic E-state index is 0.0821. The Bertz CT molecular complexity index is 479. The number of hydrogen-bond acceptors (Lipinski definition) is 6. The van der Waals surface area contributed by atoms with Crippen molar-refractivity contribution < 1.29 is 14.4 Å². The molecule has 0 spiro atoms. The molecule has 1 heterocycles. The molecule has 2 rings (SSSR count). The van der Waals surface area contributed by atoms with E-state index in [-0.39, 0.29) is 11.8 Å².